The van der Waals surface area contributed by atoms with E-state index in [-0.39, 0.29) is 23.4 Å². The van der Waals surface area contributed by atoms with E-state index in [0.717, 1.165) is 27.3 Å². The Kier molecular flexibility index (Phi) is 6.04. The summed E-state index contributed by atoms with van der Waals surface area (Å²) >= 11 is 1.64. The predicted octanol–water partition coefficient (Wildman–Crippen LogP) is 5.02. The summed E-state index contributed by atoms with van der Waals surface area (Å²) in [4.78, 5) is 11.7. The van der Waals surface area contributed by atoms with Crippen LogP contribution in [-0.4, -0.2) is 35.7 Å². The highest BCUT2D eigenvalue weighted by Gasteiger charge is 2.34. The van der Waals surface area contributed by atoms with Crippen molar-refractivity contribution in [2.24, 2.45) is 0 Å². The molecule has 160 valence electrons. The van der Waals surface area contributed by atoms with Gasteiger partial charge in [-0.05, 0) is 47.0 Å². The second kappa shape index (κ2) is 8.89. The molecule has 7 heteroatoms. The normalized spacial score (nSPS) is 17.6. The molecule has 0 saturated heterocycles. The van der Waals surface area contributed by atoms with Crippen molar-refractivity contribution in [1.82, 2.24) is 0 Å². The standard InChI is InChI=1S/C24H21FO5S/c1-29-21-10-15(25)4-8-18(21)20-13-31-22-11-16(26)5-9-19(22)24(20)14-2-6-17(7-3-14)30-12-23(27)28/h2-11,20,24,26H,12-13H2,1H3,(H,27,28)/t20-,24-/m0/s1. The third-order valence-corrected chi connectivity index (χ3v) is 6.54. The maximum atomic E-state index is 13.8. The first kappa shape index (κ1) is 21.1. The molecular formula is C24H21FO5S. The van der Waals surface area contributed by atoms with Gasteiger partial charge < -0.3 is 19.7 Å². The van der Waals surface area contributed by atoms with Gasteiger partial charge in [0.05, 0.1) is 7.11 Å². The molecule has 0 aromatic heterocycles. The molecule has 0 fully saturated rings. The quantitative estimate of drug-likeness (QED) is 0.560. The van der Waals surface area contributed by atoms with Gasteiger partial charge in [0.25, 0.3) is 0 Å². The van der Waals surface area contributed by atoms with E-state index in [4.69, 9.17) is 14.6 Å². The van der Waals surface area contributed by atoms with Crippen molar-refractivity contribution in [3.63, 3.8) is 0 Å². The Balaban J connectivity index is 1.77. The lowest BCUT2D eigenvalue weighted by atomic mass is 9.77. The van der Waals surface area contributed by atoms with Crippen molar-refractivity contribution in [3.05, 3.63) is 83.2 Å². The number of aromatic hydroxyl groups is 1. The Bertz CT molecular complexity index is 1100. The Labute approximate surface area is 183 Å². The molecule has 0 saturated carbocycles. The minimum absolute atomic E-state index is 0.00313. The lowest BCUT2D eigenvalue weighted by Crippen LogP contribution is -2.20. The molecule has 0 unspecified atom stereocenters. The SMILES string of the molecule is COc1cc(F)ccc1[C@@H]1CSc2cc(O)ccc2[C@@H]1c1ccc(OCC(=O)O)cc1. The molecule has 1 aliphatic heterocycles. The Morgan fingerprint density at radius 1 is 1.10 bits per heavy atom. The van der Waals surface area contributed by atoms with Crippen molar-refractivity contribution < 1.29 is 28.9 Å². The van der Waals surface area contributed by atoms with Crippen molar-refractivity contribution >= 4 is 17.7 Å². The van der Waals surface area contributed by atoms with Crippen molar-refractivity contribution in [3.8, 4) is 17.2 Å². The topological polar surface area (TPSA) is 76.0 Å². The maximum Gasteiger partial charge on any atom is 0.341 e. The van der Waals surface area contributed by atoms with E-state index in [0.29, 0.717) is 11.5 Å². The van der Waals surface area contributed by atoms with Crippen molar-refractivity contribution in [2.75, 3.05) is 19.5 Å². The number of benzene rings is 3. The van der Waals surface area contributed by atoms with Gasteiger partial charge in [-0.1, -0.05) is 24.3 Å². The number of halogens is 1. The lowest BCUT2D eigenvalue weighted by Gasteiger charge is -2.35. The highest BCUT2D eigenvalue weighted by atomic mass is 32.2. The molecule has 5 nitrogen and oxygen atoms in total. The predicted molar refractivity (Wildman–Crippen MR) is 116 cm³/mol. The van der Waals surface area contributed by atoms with Gasteiger partial charge in [-0.2, -0.15) is 0 Å². The Morgan fingerprint density at radius 2 is 1.84 bits per heavy atom. The van der Waals surface area contributed by atoms with Gasteiger partial charge in [0, 0.05) is 28.6 Å². The van der Waals surface area contributed by atoms with Gasteiger partial charge in [-0.3, -0.25) is 0 Å². The summed E-state index contributed by atoms with van der Waals surface area (Å²) in [5.41, 5.74) is 2.97. The van der Waals surface area contributed by atoms with Gasteiger partial charge in [0.2, 0.25) is 0 Å². The molecule has 0 aliphatic carbocycles. The first-order chi connectivity index (χ1) is 15.0. The number of carboxylic acid groups (broad SMARTS) is 1. The van der Waals surface area contributed by atoms with Crippen LogP contribution in [0.2, 0.25) is 0 Å². The van der Waals surface area contributed by atoms with Crippen LogP contribution in [-0.2, 0) is 4.79 Å². The molecule has 1 heterocycles. The van der Waals surface area contributed by atoms with Crippen LogP contribution < -0.4 is 9.47 Å². The summed E-state index contributed by atoms with van der Waals surface area (Å²) in [5, 5.41) is 18.7. The molecule has 0 bridgehead atoms. The number of rotatable bonds is 6. The minimum Gasteiger partial charge on any atom is -0.508 e. The van der Waals surface area contributed by atoms with Crippen LogP contribution in [0.5, 0.6) is 17.2 Å². The van der Waals surface area contributed by atoms with E-state index in [1.807, 2.05) is 18.2 Å². The van der Waals surface area contributed by atoms with E-state index >= 15 is 0 Å². The van der Waals surface area contributed by atoms with Gasteiger partial charge in [-0.15, -0.1) is 11.8 Å². The average Bonchev–Trinajstić information content (AvgIpc) is 2.77. The fourth-order valence-electron chi connectivity index (χ4n) is 3.99. The molecule has 4 rings (SSSR count). The lowest BCUT2D eigenvalue weighted by molar-refractivity contribution is -0.139. The summed E-state index contributed by atoms with van der Waals surface area (Å²) in [7, 11) is 1.53. The van der Waals surface area contributed by atoms with Gasteiger partial charge in [0.1, 0.15) is 23.1 Å². The molecule has 2 N–H and O–H groups in total. The number of methoxy groups -OCH3 is 1. The molecule has 3 aromatic rings. The zero-order valence-electron chi connectivity index (χ0n) is 16.7. The second-order valence-electron chi connectivity index (χ2n) is 7.26. The van der Waals surface area contributed by atoms with Crippen molar-refractivity contribution in [2.45, 2.75) is 16.7 Å². The summed E-state index contributed by atoms with van der Waals surface area (Å²) in [6.45, 7) is -0.406. The number of aliphatic carboxylic acids is 1. The first-order valence-electron chi connectivity index (χ1n) is 9.70. The highest BCUT2D eigenvalue weighted by molar-refractivity contribution is 7.99. The van der Waals surface area contributed by atoms with E-state index in [1.165, 1.54) is 19.2 Å². The Morgan fingerprint density at radius 3 is 2.55 bits per heavy atom. The molecule has 0 radical (unpaired) electrons. The monoisotopic (exact) mass is 440 g/mol. The number of carboxylic acids is 1. The molecule has 2 atom stereocenters. The van der Waals surface area contributed by atoms with Crippen LogP contribution in [0.15, 0.2) is 65.6 Å². The number of hydrogen-bond acceptors (Lipinski definition) is 5. The number of phenols is 1. The third kappa shape index (κ3) is 4.46. The van der Waals surface area contributed by atoms with E-state index < -0.39 is 12.6 Å². The summed E-state index contributed by atoms with van der Waals surface area (Å²) in [6, 6.07) is 17.3. The minimum atomic E-state index is -1.04. The van der Waals surface area contributed by atoms with Gasteiger partial charge >= 0.3 is 5.97 Å². The zero-order valence-corrected chi connectivity index (χ0v) is 17.6. The molecule has 0 amide bonds. The molecule has 31 heavy (non-hydrogen) atoms. The van der Waals surface area contributed by atoms with Gasteiger partial charge in [-0.25, -0.2) is 9.18 Å². The van der Waals surface area contributed by atoms with Gasteiger partial charge in [0.15, 0.2) is 6.61 Å². The molecule has 3 aromatic carbocycles. The number of thioether (sulfide) groups is 1. The maximum absolute atomic E-state index is 13.8. The van der Waals surface area contributed by atoms with E-state index in [2.05, 4.69) is 0 Å². The third-order valence-electron chi connectivity index (χ3n) is 5.35. The van der Waals surface area contributed by atoms with E-state index in [9.17, 15) is 14.3 Å². The summed E-state index contributed by atoms with van der Waals surface area (Å²) in [5.74, 6) is 0.447. The first-order valence-corrected chi connectivity index (χ1v) is 10.7. The van der Waals surface area contributed by atoms with Crippen LogP contribution in [0.1, 0.15) is 28.5 Å². The van der Waals surface area contributed by atoms with Crippen LogP contribution in [0.3, 0.4) is 0 Å². The number of hydrogen-bond donors (Lipinski definition) is 2. The zero-order chi connectivity index (χ0) is 22.0. The second-order valence-corrected chi connectivity index (χ2v) is 8.32. The van der Waals surface area contributed by atoms with Crippen LogP contribution in [0.4, 0.5) is 4.39 Å². The van der Waals surface area contributed by atoms with Crippen LogP contribution >= 0.6 is 11.8 Å². The molecule has 0 spiro atoms. The summed E-state index contributed by atoms with van der Waals surface area (Å²) in [6.07, 6.45) is 0. The van der Waals surface area contributed by atoms with Crippen LogP contribution in [0.25, 0.3) is 0 Å². The average molecular weight is 440 g/mol. The fourth-order valence-corrected chi connectivity index (χ4v) is 5.28. The van der Waals surface area contributed by atoms with Crippen molar-refractivity contribution in [1.29, 1.82) is 0 Å². The largest absolute Gasteiger partial charge is 0.508 e. The Hall–Kier alpha value is -3.19. The van der Waals surface area contributed by atoms with E-state index in [1.54, 1.807) is 42.1 Å². The molecule has 1 aliphatic rings. The number of fused-ring (bicyclic) bond motifs is 1. The highest BCUT2D eigenvalue weighted by Crippen LogP contribution is 2.51. The number of carbonyl (C=O) groups is 1. The summed E-state index contributed by atoms with van der Waals surface area (Å²) < 4.78 is 24.5. The number of phenolic OH excluding ortho intramolecular Hbond substituents is 1. The van der Waals surface area contributed by atoms with Crippen LogP contribution in [0, 0.1) is 5.82 Å². The molecular weight excluding hydrogens is 419 g/mol. The number of ether oxygens (including phenoxy) is 2. The fraction of sp³-hybridized carbons (Fsp3) is 0.208. The smallest absolute Gasteiger partial charge is 0.341 e.